The van der Waals surface area contributed by atoms with Crippen molar-refractivity contribution in [1.82, 2.24) is 5.32 Å². The molecule has 3 nitrogen and oxygen atoms in total. The molecule has 1 amide bonds. The van der Waals surface area contributed by atoms with Crippen LogP contribution in [0.1, 0.15) is 46.0 Å². The molecule has 3 heteroatoms. The van der Waals surface area contributed by atoms with Crippen LogP contribution in [0.3, 0.4) is 0 Å². The molecule has 2 unspecified atom stereocenters. The van der Waals surface area contributed by atoms with Gasteiger partial charge in [-0.25, -0.2) is 0 Å². The van der Waals surface area contributed by atoms with Gasteiger partial charge in [0.25, 0.3) is 0 Å². The molecule has 2 fully saturated rings. The third-order valence-electron chi connectivity index (χ3n) is 5.03. The summed E-state index contributed by atoms with van der Waals surface area (Å²) in [6, 6.07) is 0. The number of amides is 1. The second-order valence-corrected chi connectivity index (χ2v) is 6.27. The third kappa shape index (κ3) is 2.65. The zero-order chi connectivity index (χ0) is 12.5. The van der Waals surface area contributed by atoms with E-state index in [0.29, 0.717) is 23.8 Å². The van der Waals surface area contributed by atoms with Gasteiger partial charge in [-0.1, -0.05) is 20.3 Å². The zero-order valence-electron chi connectivity index (χ0n) is 11.2. The Kier molecular flexibility index (Phi) is 3.76. The van der Waals surface area contributed by atoms with E-state index in [1.54, 1.807) is 0 Å². The first-order valence-electron chi connectivity index (χ1n) is 7.07. The summed E-state index contributed by atoms with van der Waals surface area (Å²) >= 11 is 0. The van der Waals surface area contributed by atoms with Crippen LogP contribution in [0, 0.1) is 23.2 Å². The molecule has 98 valence electrons. The predicted octanol–water partition coefficient (Wildman–Crippen LogP) is 1.91. The average molecular weight is 238 g/mol. The van der Waals surface area contributed by atoms with E-state index < -0.39 is 0 Å². The van der Waals surface area contributed by atoms with Gasteiger partial charge in [0.15, 0.2) is 0 Å². The summed E-state index contributed by atoms with van der Waals surface area (Å²) < 4.78 is 0. The van der Waals surface area contributed by atoms with E-state index in [2.05, 4.69) is 19.2 Å². The summed E-state index contributed by atoms with van der Waals surface area (Å²) in [7, 11) is 0. The Labute approximate surface area is 105 Å². The molecule has 0 radical (unpaired) electrons. The van der Waals surface area contributed by atoms with Gasteiger partial charge in [-0.05, 0) is 49.5 Å². The Morgan fingerprint density at radius 1 is 1.41 bits per heavy atom. The minimum atomic E-state index is 0.183. The molecular formula is C14H26N2O. The third-order valence-corrected chi connectivity index (χ3v) is 5.03. The SMILES string of the molecule is CC(C)C1(CNC(=O)C2CCCC2CN)CC1. The Morgan fingerprint density at radius 3 is 2.65 bits per heavy atom. The van der Waals surface area contributed by atoms with Gasteiger partial charge in [0, 0.05) is 12.5 Å². The van der Waals surface area contributed by atoms with E-state index in [-0.39, 0.29) is 11.8 Å². The molecule has 0 heterocycles. The molecule has 2 aliphatic rings. The fourth-order valence-corrected chi connectivity index (χ4v) is 3.18. The molecule has 0 aromatic rings. The van der Waals surface area contributed by atoms with Crippen molar-refractivity contribution in [3.63, 3.8) is 0 Å². The smallest absolute Gasteiger partial charge is 0.223 e. The summed E-state index contributed by atoms with van der Waals surface area (Å²) in [5, 5.41) is 3.18. The van der Waals surface area contributed by atoms with Gasteiger partial charge < -0.3 is 11.1 Å². The van der Waals surface area contributed by atoms with E-state index in [9.17, 15) is 4.79 Å². The lowest BCUT2D eigenvalue weighted by Gasteiger charge is -2.23. The van der Waals surface area contributed by atoms with Gasteiger partial charge in [-0.15, -0.1) is 0 Å². The van der Waals surface area contributed by atoms with Gasteiger partial charge in [0.2, 0.25) is 5.91 Å². The molecule has 0 spiro atoms. The van der Waals surface area contributed by atoms with Gasteiger partial charge in [0.1, 0.15) is 0 Å². The Hall–Kier alpha value is -0.570. The largest absolute Gasteiger partial charge is 0.355 e. The predicted molar refractivity (Wildman–Crippen MR) is 69.4 cm³/mol. The number of nitrogens with one attached hydrogen (secondary N) is 1. The summed E-state index contributed by atoms with van der Waals surface area (Å²) in [5.41, 5.74) is 6.13. The van der Waals surface area contributed by atoms with Crippen LogP contribution in [0.4, 0.5) is 0 Å². The van der Waals surface area contributed by atoms with Crippen LogP contribution in [0.5, 0.6) is 0 Å². The van der Waals surface area contributed by atoms with Crippen LogP contribution in [-0.4, -0.2) is 19.0 Å². The topological polar surface area (TPSA) is 55.1 Å². The van der Waals surface area contributed by atoms with E-state index in [4.69, 9.17) is 5.73 Å². The molecule has 0 saturated heterocycles. The first-order chi connectivity index (χ1) is 8.09. The molecule has 0 aromatic heterocycles. The maximum absolute atomic E-state index is 12.1. The second-order valence-electron chi connectivity index (χ2n) is 6.27. The van der Waals surface area contributed by atoms with Crippen LogP contribution in [-0.2, 0) is 4.79 Å². The number of rotatable bonds is 5. The molecule has 3 N–H and O–H groups in total. The number of carbonyl (C=O) groups is 1. The summed E-state index contributed by atoms with van der Waals surface area (Å²) in [6.45, 7) is 6.06. The van der Waals surface area contributed by atoms with Crippen molar-refractivity contribution in [2.24, 2.45) is 28.9 Å². The van der Waals surface area contributed by atoms with Gasteiger partial charge in [-0.3, -0.25) is 4.79 Å². The van der Waals surface area contributed by atoms with Crippen molar-refractivity contribution in [2.75, 3.05) is 13.1 Å². The van der Waals surface area contributed by atoms with Crippen LogP contribution >= 0.6 is 0 Å². The van der Waals surface area contributed by atoms with Gasteiger partial charge in [0.05, 0.1) is 0 Å². The molecule has 0 aliphatic heterocycles. The van der Waals surface area contributed by atoms with Crippen molar-refractivity contribution in [3.8, 4) is 0 Å². The fourth-order valence-electron chi connectivity index (χ4n) is 3.18. The lowest BCUT2D eigenvalue weighted by Crippen LogP contribution is -2.39. The molecule has 2 rings (SSSR count). The average Bonchev–Trinajstić information content (AvgIpc) is 2.96. The molecule has 17 heavy (non-hydrogen) atoms. The lowest BCUT2D eigenvalue weighted by molar-refractivity contribution is -0.126. The molecule has 2 atom stereocenters. The monoisotopic (exact) mass is 238 g/mol. The Bertz CT molecular complexity index is 284. The number of nitrogens with two attached hydrogens (primary N) is 1. The molecule has 0 bridgehead atoms. The Balaban J connectivity index is 1.81. The highest BCUT2D eigenvalue weighted by molar-refractivity contribution is 5.79. The van der Waals surface area contributed by atoms with Crippen molar-refractivity contribution in [3.05, 3.63) is 0 Å². The maximum atomic E-state index is 12.1. The summed E-state index contributed by atoms with van der Waals surface area (Å²) in [4.78, 5) is 12.1. The van der Waals surface area contributed by atoms with Crippen molar-refractivity contribution >= 4 is 5.91 Å². The first-order valence-corrected chi connectivity index (χ1v) is 7.07. The Morgan fingerprint density at radius 2 is 2.12 bits per heavy atom. The van der Waals surface area contributed by atoms with Crippen molar-refractivity contribution in [2.45, 2.75) is 46.0 Å². The fraction of sp³-hybridized carbons (Fsp3) is 0.929. The minimum absolute atomic E-state index is 0.183. The van der Waals surface area contributed by atoms with Crippen LogP contribution in [0.2, 0.25) is 0 Å². The molecule has 2 saturated carbocycles. The number of carbonyl (C=O) groups excluding carboxylic acids is 1. The quantitative estimate of drug-likeness (QED) is 0.769. The zero-order valence-corrected chi connectivity index (χ0v) is 11.2. The highest BCUT2D eigenvalue weighted by atomic mass is 16.1. The van der Waals surface area contributed by atoms with E-state index in [1.807, 2.05) is 0 Å². The molecule has 0 aromatic carbocycles. The normalized spacial score (nSPS) is 30.6. The first kappa shape index (κ1) is 12.9. The number of hydrogen-bond acceptors (Lipinski definition) is 2. The van der Waals surface area contributed by atoms with E-state index >= 15 is 0 Å². The van der Waals surface area contributed by atoms with Gasteiger partial charge >= 0.3 is 0 Å². The van der Waals surface area contributed by atoms with Crippen molar-refractivity contribution < 1.29 is 4.79 Å². The highest BCUT2D eigenvalue weighted by Crippen LogP contribution is 2.51. The standard InChI is InChI=1S/C14H26N2O/c1-10(2)14(6-7-14)9-16-13(17)12-5-3-4-11(12)8-15/h10-12H,3-9,15H2,1-2H3,(H,16,17). The molecular weight excluding hydrogens is 212 g/mol. The summed E-state index contributed by atoms with van der Waals surface area (Å²) in [6.07, 6.45) is 5.87. The van der Waals surface area contributed by atoms with Crippen LogP contribution in [0.25, 0.3) is 0 Å². The number of hydrogen-bond donors (Lipinski definition) is 2. The highest BCUT2D eigenvalue weighted by Gasteiger charge is 2.45. The van der Waals surface area contributed by atoms with E-state index in [1.165, 1.54) is 12.8 Å². The second kappa shape index (κ2) is 4.97. The minimum Gasteiger partial charge on any atom is -0.355 e. The van der Waals surface area contributed by atoms with Gasteiger partial charge in [-0.2, -0.15) is 0 Å². The maximum Gasteiger partial charge on any atom is 0.223 e. The van der Waals surface area contributed by atoms with Crippen LogP contribution < -0.4 is 11.1 Å². The van der Waals surface area contributed by atoms with E-state index in [0.717, 1.165) is 25.8 Å². The van der Waals surface area contributed by atoms with Crippen molar-refractivity contribution in [1.29, 1.82) is 0 Å². The lowest BCUT2D eigenvalue weighted by atomic mass is 9.91. The van der Waals surface area contributed by atoms with Crippen LogP contribution in [0.15, 0.2) is 0 Å². The molecule has 2 aliphatic carbocycles. The summed E-state index contributed by atoms with van der Waals surface area (Å²) in [5.74, 6) is 1.54.